The molecule has 1 atom stereocenters. The van der Waals surface area contributed by atoms with Crippen LogP contribution in [0, 0.1) is 0 Å². The minimum Gasteiger partial charge on any atom is -0.352 e. The molecule has 0 spiro atoms. The van der Waals surface area contributed by atoms with Crippen LogP contribution in [0.5, 0.6) is 0 Å². The highest BCUT2D eigenvalue weighted by Gasteiger charge is 2.31. The first kappa shape index (κ1) is 10.8. The Morgan fingerprint density at radius 3 is 3.06 bits per heavy atom. The van der Waals surface area contributed by atoms with E-state index >= 15 is 0 Å². The fraction of sp³-hybridized carbons (Fsp3) is 0.667. The smallest absolute Gasteiger partial charge is 0.220 e. The molecule has 0 aromatic carbocycles. The van der Waals surface area contributed by atoms with Gasteiger partial charge in [-0.2, -0.15) is 5.10 Å². The molecule has 1 aromatic rings. The van der Waals surface area contributed by atoms with Crippen molar-refractivity contribution in [2.75, 3.05) is 19.6 Å². The van der Waals surface area contributed by atoms with Crippen LogP contribution >= 0.6 is 0 Å². The predicted octanol–water partition coefficient (Wildman–Crippen LogP) is 0.408. The van der Waals surface area contributed by atoms with E-state index in [0.29, 0.717) is 18.5 Å². The standard InChI is InChI=1S/C12H18N4O/c17-12-4-1-3-10(14-12)7-15-8-11(9-15)16-6-2-5-13-16/h2,5-6,10-11H,1,3-4,7-9H2,(H,14,17). The van der Waals surface area contributed by atoms with Gasteiger partial charge in [-0.3, -0.25) is 14.4 Å². The summed E-state index contributed by atoms with van der Waals surface area (Å²) in [6.45, 7) is 3.09. The van der Waals surface area contributed by atoms with Crippen LogP contribution < -0.4 is 5.32 Å². The summed E-state index contributed by atoms with van der Waals surface area (Å²) in [5, 5.41) is 7.31. The zero-order valence-corrected chi connectivity index (χ0v) is 9.88. The summed E-state index contributed by atoms with van der Waals surface area (Å²) in [7, 11) is 0. The number of piperidine rings is 1. The Morgan fingerprint density at radius 2 is 2.35 bits per heavy atom. The van der Waals surface area contributed by atoms with E-state index in [1.54, 1.807) is 0 Å². The minimum absolute atomic E-state index is 0.213. The molecule has 5 nitrogen and oxygen atoms in total. The number of carbonyl (C=O) groups excluding carboxylic acids is 1. The summed E-state index contributed by atoms with van der Waals surface area (Å²) in [6.07, 6.45) is 6.70. The van der Waals surface area contributed by atoms with Crippen molar-refractivity contribution in [3.63, 3.8) is 0 Å². The van der Waals surface area contributed by atoms with E-state index in [0.717, 1.165) is 32.5 Å². The molecule has 5 heteroatoms. The lowest BCUT2D eigenvalue weighted by atomic mass is 10.0. The van der Waals surface area contributed by atoms with E-state index in [1.165, 1.54) is 0 Å². The van der Waals surface area contributed by atoms with Crippen LogP contribution in [0.4, 0.5) is 0 Å². The van der Waals surface area contributed by atoms with E-state index in [-0.39, 0.29) is 5.91 Å². The second-order valence-electron chi connectivity index (χ2n) is 5.02. The highest BCUT2D eigenvalue weighted by atomic mass is 16.1. The maximum atomic E-state index is 11.3. The van der Waals surface area contributed by atoms with Gasteiger partial charge in [0.05, 0.1) is 6.04 Å². The first-order valence-corrected chi connectivity index (χ1v) is 6.32. The number of aromatic nitrogens is 2. The van der Waals surface area contributed by atoms with Gasteiger partial charge in [0, 0.05) is 44.5 Å². The maximum Gasteiger partial charge on any atom is 0.220 e. The lowest BCUT2D eigenvalue weighted by Crippen LogP contribution is -2.54. The molecule has 0 radical (unpaired) electrons. The molecule has 0 bridgehead atoms. The van der Waals surface area contributed by atoms with Crippen molar-refractivity contribution in [1.29, 1.82) is 0 Å². The third kappa shape index (κ3) is 2.34. The number of amides is 1. The molecular weight excluding hydrogens is 216 g/mol. The fourth-order valence-electron chi connectivity index (χ4n) is 2.69. The van der Waals surface area contributed by atoms with E-state index < -0.39 is 0 Å². The molecule has 2 fully saturated rings. The average molecular weight is 234 g/mol. The number of nitrogens with zero attached hydrogens (tertiary/aromatic N) is 3. The van der Waals surface area contributed by atoms with Crippen molar-refractivity contribution in [3.05, 3.63) is 18.5 Å². The van der Waals surface area contributed by atoms with E-state index in [1.807, 2.05) is 23.1 Å². The summed E-state index contributed by atoms with van der Waals surface area (Å²) in [4.78, 5) is 13.7. The number of hydrogen-bond donors (Lipinski definition) is 1. The Kier molecular flexibility index (Phi) is 2.84. The summed E-state index contributed by atoms with van der Waals surface area (Å²) in [5.41, 5.74) is 0. The van der Waals surface area contributed by atoms with E-state index in [9.17, 15) is 4.79 Å². The molecule has 1 N–H and O–H groups in total. The Morgan fingerprint density at radius 1 is 1.47 bits per heavy atom. The molecule has 92 valence electrons. The van der Waals surface area contributed by atoms with Gasteiger partial charge in [0.1, 0.15) is 0 Å². The SMILES string of the molecule is O=C1CCCC(CN2CC(n3cccn3)C2)N1. The van der Waals surface area contributed by atoms with Crippen molar-refractivity contribution in [2.24, 2.45) is 0 Å². The van der Waals surface area contributed by atoms with Crippen LogP contribution in [-0.2, 0) is 4.79 Å². The lowest BCUT2D eigenvalue weighted by Gasteiger charge is -2.41. The molecule has 3 heterocycles. The van der Waals surface area contributed by atoms with E-state index in [2.05, 4.69) is 15.3 Å². The van der Waals surface area contributed by atoms with Crippen LogP contribution in [-0.4, -0.2) is 46.3 Å². The lowest BCUT2D eigenvalue weighted by molar-refractivity contribution is -0.123. The van der Waals surface area contributed by atoms with Gasteiger partial charge in [-0.05, 0) is 18.9 Å². The van der Waals surface area contributed by atoms with Crippen molar-refractivity contribution in [3.8, 4) is 0 Å². The first-order valence-electron chi connectivity index (χ1n) is 6.32. The van der Waals surface area contributed by atoms with Gasteiger partial charge >= 0.3 is 0 Å². The number of rotatable bonds is 3. The molecule has 1 amide bonds. The second-order valence-corrected chi connectivity index (χ2v) is 5.02. The van der Waals surface area contributed by atoms with Gasteiger partial charge in [-0.1, -0.05) is 0 Å². The zero-order valence-electron chi connectivity index (χ0n) is 9.88. The summed E-state index contributed by atoms with van der Waals surface area (Å²) < 4.78 is 2.02. The zero-order chi connectivity index (χ0) is 11.7. The molecule has 17 heavy (non-hydrogen) atoms. The van der Waals surface area contributed by atoms with Gasteiger partial charge in [-0.15, -0.1) is 0 Å². The van der Waals surface area contributed by atoms with Crippen molar-refractivity contribution in [2.45, 2.75) is 31.3 Å². The third-order valence-electron chi connectivity index (χ3n) is 3.64. The minimum atomic E-state index is 0.213. The summed E-state index contributed by atoms with van der Waals surface area (Å²) in [5.74, 6) is 0.213. The average Bonchev–Trinajstić information content (AvgIpc) is 2.76. The van der Waals surface area contributed by atoms with Crippen LogP contribution in [0.25, 0.3) is 0 Å². The van der Waals surface area contributed by atoms with Crippen LogP contribution in [0.3, 0.4) is 0 Å². The second kappa shape index (κ2) is 4.49. The molecule has 2 saturated heterocycles. The highest BCUT2D eigenvalue weighted by Crippen LogP contribution is 2.21. The van der Waals surface area contributed by atoms with Gasteiger partial charge in [0.15, 0.2) is 0 Å². The number of nitrogens with one attached hydrogen (secondary N) is 1. The Balaban J connectivity index is 1.45. The molecule has 0 aliphatic carbocycles. The molecule has 3 rings (SSSR count). The maximum absolute atomic E-state index is 11.3. The molecule has 0 saturated carbocycles. The van der Waals surface area contributed by atoms with Gasteiger partial charge < -0.3 is 5.32 Å². The Bertz CT molecular complexity index is 383. The third-order valence-corrected chi connectivity index (χ3v) is 3.64. The topological polar surface area (TPSA) is 50.2 Å². The Hall–Kier alpha value is -1.36. The van der Waals surface area contributed by atoms with Crippen molar-refractivity contribution >= 4 is 5.91 Å². The molecule has 1 unspecified atom stereocenters. The first-order chi connectivity index (χ1) is 8.31. The number of hydrogen-bond acceptors (Lipinski definition) is 3. The molecule has 2 aliphatic rings. The van der Waals surface area contributed by atoms with Crippen molar-refractivity contribution < 1.29 is 4.79 Å². The van der Waals surface area contributed by atoms with Crippen LogP contribution in [0.1, 0.15) is 25.3 Å². The Labute approximate surface area is 101 Å². The summed E-state index contributed by atoms with van der Waals surface area (Å²) >= 11 is 0. The number of carbonyl (C=O) groups is 1. The fourth-order valence-corrected chi connectivity index (χ4v) is 2.69. The van der Waals surface area contributed by atoms with Gasteiger partial charge in [0.2, 0.25) is 5.91 Å². The van der Waals surface area contributed by atoms with Gasteiger partial charge in [-0.25, -0.2) is 0 Å². The largest absolute Gasteiger partial charge is 0.352 e. The normalized spacial score (nSPS) is 26.6. The monoisotopic (exact) mass is 234 g/mol. The van der Waals surface area contributed by atoms with E-state index in [4.69, 9.17) is 0 Å². The molecule has 2 aliphatic heterocycles. The van der Waals surface area contributed by atoms with Crippen LogP contribution in [0.2, 0.25) is 0 Å². The van der Waals surface area contributed by atoms with Gasteiger partial charge in [0.25, 0.3) is 0 Å². The predicted molar refractivity (Wildman–Crippen MR) is 63.5 cm³/mol. The summed E-state index contributed by atoms with van der Waals surface area (Å²) in [6, 6.07) is 2.84. The number of likely N-dealkylation sites (tertiary alicyclic amines) is 1. The highest BCUT2D eigenvalue weighted by molar-refractivity contribution is 5.76. The molecule has 1 aromatic heterocycles. The van der Waals surface area contributed by atoms with Crippen LogP contribution in [0.15, 0.2) is 18.5 Å². The van der Waals surface area contributed by atoms with Crippen molar-refractivity contribution in [1.82, 2.24) is 20.0 Å². The quantitative estimate of drug-likeness (QED) is 0.824. The molecular formula is C12H18N4O.